The number of phosphoric ester groups is 1. The van der Waals surface area contributed by atoms with Crippen LogP contribution >= 0.6 is 7.82 Å². The lowest BCUT2D eigenvalue weighted by Gasteiger charge is -2.28. The van der Waals surface area contributed by atoms with Gasteiger partial charge < -0.3 is 27.9 Å². The molecule has 0 aromatic carbocycles. The van der Waals surface area contributed by atoms with E-state index in [4.69, 9.17) is 18.5 Å². The maximum Gasteiger partial charge on any atom is 0.306 e. The van der Waals surface area contributed by atoms with Crippen molar-refractivity contribution in [3.63, 3.8) is 0 Å². The number of quaternary nitrogens is 1. The number of ether oxygens (including phenoxy) is 2. The van der Waals surface area contributed by atoms with Crippen molar-refractivity contribution in [1.82, 2.24) is 0 Å². The minimum absolute atomic E-state index is 0.0352. The zero-order chi connectivity index (χ0) is 42.8. The van der Waals surface area contributed by atoms with Crippen molar-refractivity contribution < 1.29 is 42.1 Å². The predicted molar refractivity (Wildman–Crippen MR) is 240 cm³/mol. The van der Waals surface area contributed by atoms with Crippen LogP contribution in [0.3, 0.4) is 0 Å². The molecule has 0 bridgehead atoms. The standard InChI is InChI=1S/C48H88NO8P/c1-6-8-10-12-14-16-18-20-22-24-26-28-30-32-34-36-38-40-47(50)54-44-46(45-56-58(52,53)55-43-42-49(3,4)5)57-48(51)41-39-37-35-33-31-29-27-25-23-21-19-17-15-13-11-9-7-2/h8,10,14,16,20,22,26,28,46H,6-7,9,11-13,15,17-19,21,23-25,27,29-45H2,1-5H3/b10-8-,16-14-,22-20-,28-26-/t46-/m1/s1. The summed E-state index contributed by atoms with van der Waals surface area (Å²) in [5, 5.41) is 0. The van der Waals surface area contributed by atoms with Crippen LogP contribution in [0, 0.1) is 0 Å². The van der Waals surface area contributed by atoms with E-state index >= 15 is 0 Å². The number of esters is 2. The Morgan fingerprint density at radius 1 is 0.552 bits per heavy atom. The van der Waals surface area contributed by atoms with E-state index < -0.39 is 32.5 Å². The fourth-order valence-electron chi connectivity index (χ4n) is 6.23. The van der Waals surface area contributed by atoms with E-state index in [1.54, 1.807) is 0 Å². The largest absolute Gasteiger partial charge is 0.756 e. The van der Waals surface area contributed by atoms with Gasteiger partial charge in [0.25, 0.3) is 7.82 Å². The Hall–Kier alpha value is -2.03. The highest BCUT2D eigenvalue weighted by Gasteiger charge is 2.21. The SMILES string of the molecule is CC/C=C\C/C=C\C/C=C\C/C=C\CCCCCCC(=O)OC[C@H](COP(=O)([O-])OCC[N+](C)(C)C)OC(=O)CCCCCCCCCCCCCCCCCCC. The molecule has 58 heavy (non-hydrogen) atoms. The number of likely N-dealkylation sites (N-methyl/N-ethyl adjacent to an activating group) is 1. The van der Waals surface area contributed by atoms with Crippen molar-refractivity contribution in [2.45, 2.75) is 200 Å². The maximum atomic E-state index is 12.7. The highest BCUT2D eigenvalue weighted by molar-refractivity contribution is 7.45. The van der Waals surface area contributed by atoms with Crippen molar-refractivity contribution in [2.24, 2.45) is 0 Å². The first-order chi connectivity index (χ1) is 28.0. The van der Waals surface area contributed by atoms with E-state index in [-0.39, 0.29) is 26.1 Å². The summed E-state index contributed by atoms with van der Waals surface area (Å²) in [6.45, 7) is 4.10. The number of nitrogens with zero attached hydrogens (tertiary/aromatic N) is 1. The normalized spacial score (nSPS) is 14.0. The Balaban J connectivity index is 4.35. The fourth-order valence-corrected chi connectivity index (χ4v) is 6.96. The Bertz CT molecular complexity index is 1130. The van der Waals surface area contributed by atoms with Crippen LogP contribution in [0.2, 0.25) is 0 Å². The molecule has 10 heteroatoms. The van der Waals surface area contributed by atoms with Crippen LogP contribution in [-0.4, -0.2) is 70.0 Å². The van der Waals surface area contributed by atoms with Gasteiger partial charge in [0.15, 0.2) is 6.10 Å². The van der Waals surface area contributed by atoms with E-state index in [1.807, 2.05) is 21.1 Å². The van der Waals surface area contributed by atoms with Crippen LogP contribution in [0.15, 0.2) is 48.6 Å². The van der Waals surface area contributed by atoms with Crippen molar-refractivity contribution in [2.75, 3.05) is 47.5 Å². The summed E-state index contributed by atoms with van der Waals surface area (Å²) < 4.78 is 33.9. The number of carbonyl (C=O) groups is 2. The van der Waals surface area contributed by atoms with Crippen LogP contribution < -0.4 is 4.89 Å². The van der Waals surface area contributed by atoms with Crippen LogP contribution in [-0.2, 0) is 32.7 Å². The molecule has 338 valence electrons. The predicted octanol–water partition coefficient (Wildman–Crippen LogP) is 12.8. The quantitative estimate of drug-likeness (QED) is 0.0196. The summed E-state index contributed by atoms with van der Waals surface area (Å²) in [7, 11) is 1.15. The summed E-state index contributed by atoms with van der Waals surface area (Å²) in [6, 6.07) is 0. The molecule has 0 aromatic rings. The first-order valence-corrected chi connectivity index (χ1v) is 24.8. The van der Waals surface area contributed by atoms with Crippen molar-refractivity contribution in [3.05, 3.63) is 48.6 Å². The fraction of sp³-hybridized carbons (Fsp3) is 0.792. The molecule has 0 saturated carbocycles. The van der Waals surface area contributed by atoms with Gasteiger partial charge in [-0.3, -0.25) is 14.2 Å². The Kier molecular flexibility index (Phi) is 39.0. The van der Waals surface area contributed by atoms with Gasteiger partial charge in [0.05, 0.1) is 27.7 Å². The van der Waals surface area contributed by atoms with E-state index in [0.717, 1.165) is 70.6 Å². The third-order valence-corrected chi connectivity index (χ3v) is 10.8. The van der Waals surface area contributed by atoms with Crippen LogP contribution in [0.1, 0.15) is 194 Å². The monoisotopic (exact) mass is 838 g/mol. The van der Waals surface area contributed by atoms with E-state index in [2.05, 4.69) is 62.5 Å². The second-order valence-corrected chi connectivity index (χ2v) is 18.2. The van der Waals surface area contributed by atoms with E-state index in [1.165, 1.54) is 83.5 Å². The van der Waals surface area contributed by atoms with Crippen LogP contribution in [0.5, 0.6) is 0 Å². The molecular formula is C48H88NO8P. The number of rotatable bonds is 42. The molecular weight excluding hydrogens is 750 g/mol. The molecule has 0 radical (unpaired) electrons. The number of hydrogen-bond donors (Lipinski definition) is 0. The van der Waals surface area contributed by atoms with Gasteiger partial charge in [0, 0.05) is 12.8 Å². The molecule has 0 aliphatic heterocycles. The topological polar surface area (TPSA) is 111 Å². The molecule has 0 N–H and O–H groups in total. The lowest BCUT2D eigenvalue weighted by molar-refractivity contribution is -0.870. The molecule has 9 nitrogen and oxygen atoms in total. The molecule has 0 aliphatic rings. The van der Waals surface area contributed by atoms with Gasteiger partial charge >= 0.3 is 11.9 Å². The highest BCUT2D eigenvalue weighted by Crippen LogP contribution is 2.38. The number of phosphoric acid groups is 1. The zero-order valence-electron chi connectivity index (χ0n) is 38.0. The zero-order valence-corrected chi connectivity index (χ0v) is 38.9. The third kappa shape index (κ3) is 43.5. The van der Waals surface area contributed by atoms with Gasteiger partial charge in [-0.1, -0.05) is 178 Å². The maximum absolute atomic E-state index is 12.7. The minimum atomic E-state index is -4.63. The number of unbranched alkanes of at least 4 members (excludes halogenated alkanes) is 20. The van der Waals surface area contributed by atoms with Gasteiger partial charge in [0.1, 0.15) is 19.8 Å². The second kappa shape index (κ2) is 40.4. The molecule has 0 heterocycles. The molecule has 1 unspecified atom stereocenters. The second-order valence-electron chi connectivity index (χ2n) is 16.7. The summed E-state index contributed by atoms with van der Waals surface area (Å²) in [5.74, 6) is -0.858. The van der Waals surface area contributed by atoms with Gasteiger partial charge in [0.2, 0.25) is 0 Å². The van der Waals surface area contributed by atoms with E-state index in [0.29, 0.717) is 23.9 Å². The van der Waals surface area contributed by atoms with Gasteiger partial charge in [-0.25, -0.2) is 0 Å². The van der Waals surface area contributed by atoms with Gasteiger partial charge in [-0.05, 0) is 51.4 Å². The summed E-state index contributed by atoms with van der Waals surface area (Å²) in [6.07, 6.45) is 47.0. The lowest BCUT2D eigenvalue weighted by Crippen LogP contribution is -2.37. The molecule has 0 saturated heterocycles. The van der Waals surface area contributed by atoms with Gasteiger partial charge in [-0.15, -0.1) is 0 Å². The number of hydrogen-bond acceptors (Lipinski definition) is 8. The Morgan fingerprint density at radius 2 is 0.983 bits per heavy atom. The van der Waals surface area contributed by atoms with E-state index in [9.17, 15) is 19.0 Å². The Labute approximate surface area is 356 Å². The molecule has 0 aromatic heterocycles. The van der Waals surface area contributed by atoms with Gasteiger partial charge in [-0.2, -0.15) is 0 Å². The number of allylic oxidation sites excluding steroid dienone is 8. The van der Waals surface area contributed by atoms with Crippen molar-refractivity contribution >= 4 is 19.8 Å². The number of carbonyl (C=O) groups excluding carboxylic acids is 2. The summed E-state index contributed by atoms with van der Waals surface area (Å²) >= 11 is 0. The molecule has 0 spiro atoms. The van der Waals surface area contributed by atoms with Crippen LogP contribution in [0.25, 0.3) is 0 Å². The molecule has 0 fully saturated rings. The highest BCUT2D eigenvalue weighted by atomic mass is 31.2. The molecule has 0 rings (SSSR count). The first kappa shape index (κ1) is 56.0. The average molecular weight is 838 g/mol. The summed E-state index contributed by atoms with van der Waals surface area (Å²) in [4.78, 5) is 37.6. The molecule has 0 amide bonds. The third-order valence-electron chi connectivity index (χ3n) is 9.86. The minimum Gasteiger partial charge on any atom is -0.756 e. The smallest absolute Gasteiger partial charge is 0.306 e. The molecule has 0 aliphatic carbocycles. The van der Waals surface area contributed by atoms with Crippen molar-refractivity contribution in [1.29, 1.82) is 0 Å². The Morgan fingerprint density at radius 3 is 1.47 bits per heavy atom. The first-order valence-electron chi connectivity index (χ1n) is 23.3. The van der Waals surface area contributed by atoms with Crippen molar-refractivity contribution in [3.8, 4) is 0 Å². The average Bonchev–Trinajstić information content (AvgIpc) is 3.17. The molecule has 2 atom stereocenters. The summed E-state index contributed by atoms with van der Waals surface area (Å²) in [5.41, 5.74) is 0. The lowest BCUT2D eigenvalue weighted by atomic mass is 10.0. The van der Waals surface area contributed by atoms with Crippen LogP contribution in [0.4, 0.5) is 0 Å².